The minimum atomic E-state index is -3.85. The Morgan fingerprint density at radius 2 is 1.68 bits per heavy atom. The highest BCUT2D eigenvalue weighted by atomic mass is 32.2. The second kappa shape index (κ2) is 10.4. The predicted octanol–water partition coefficient (Wildman–Crippen LogP) is 1.59. The topological polar surface area (TPSA) is 102 Å². The van der Waals surface area contributed by atoms with Gasteiger partial charge < -0.3 is 20.0 Å². The molecule has 0 atom stereocenters. The fraction of sp³-hybridized carbons (Fsp3) is 0.417. The number of anilines is 2. The third-order valence-corrected chi connectivity index (χ3v) is 7.56. The number of amides is 2. The van der Waals surface area contributed by atoms with E-state index in [1.807, 2.05) is 0 Å². The van der Waals surface area contributed by atoms with E-state index in [2.05, 4.69) is 14.9 Å². The Morgan fingerprint density at radius 1 is 1.00 bits per heavy atom. The third-order valence-electron chi connectivity index (χ3n) is 6.18. The average molecular weight is 486 g/mol. The highest BCUT2D eigenvalue weighted by Crippen LogP contribution is 2.30. The molecule has 9 nitrogen and oxygen atoms in total. The van der Waals surface area contributed by atoms with Crippen molar-refractivity contribution in [2.45, 2.75) is 17.7 Å². The molecule has 2 amide bonds. The largest absolute Gasteiger partial charge is 0.367 e. The minimum absolute atomic E-state index is 0.0105. The van der Waals surface area contributed by atoms with Crippen molar-refractivity contribution in [1.82, 2.24) is 15.1 Å². The van der Waals surface area contributed by atoms with E-state index in [9.17, 15) is 18.0 Å². The van der Waals surface area contributed by atoms with Crippen molar-refractivity contribution >= 4 is 33.2 Å². The van der Waals surface area contributed by atoms with Crippen molar-refractivity contribution in [3.05, 3.63) is 54.1 Å². The summed E-state index contributed by atoms with van der Waals surface area (Å²) in [7, 11) is -2.25. The van der Waals surface area contributed by atoms with Crippen LogP contribution in [-0.2, 0) is 14.8 Å². The van der Waals surface area contributed by atoms with E-state index in [-0.39, 0.29) is 23.3 Å². The zero-order chi connectivity index (χ0) is 24.1. The highest BCUT2D eigenvalue weighted by molar-refractivity contribution is 7.92. The summed E-state index contributed by atoms with van der Waals surface area (Å²) >= 11 is 0. The predicted molar refractivity (Wildman–Crippen MR) is 132 cm³/mol. The average Bonchev–Trinajstić information content (AvgIpc) is 3.40. The molecule has 0 saturated carbocycles. The Morgan fingerprint density at radius 3 is 2.35 bits per heavy atom. The van der Waals surface area contributed by atoms with Crippen LogP contribution in [0.4, 0.5) is 11.4 Å². The van der Waals surface area contributed by atoms with Crippen LogP contribution in [0.2, 0.25) is 0 Å². The lowest BCUT2D eigenvalue weighted by molar-refractivity contribution is -0.130. The number of nitrogens with zero attached hydrogens (tertiary/aromatic N) is 3. The summed E-state index contributed by atoms with van der Waals surface area (Å²) in [6.07, 6.45) is 1.98. The lowest BCUT2D eigenvalue weighted by Gasteiger charge is -2.31. The van der Waals surface area contributed by atoms with Crippen molar-refractivity contribution in [2.24, 2.45) is 0 Å². The number of carbonyl (C=O) groups excluding carboxylic acids is 2. The first kappa shape index (κ1) is 24.0. The Labute approximate surface area is 200 Å². The molecule has 2 N–H and O–H groups in total. The SMILES string of the molecule is CN(CC(=O)N1CCCC1)C(=O)c1ccc(N2CCNCC2)c(NS(=O)(=O)c2ccccc2)c1. The maximum absolute atomic E-state index is 13.1. The molecule has 2 heterocycles. The number of carbonyl (C=O) groups is 2. The summed E-state index contributed by atoms with van der Waals surface area (Å²) in [4.78, 5) is 31.0. The number of benzene rings is 2. The van der Waals surface area contributed by atoms with Gasteiger partial charge in [-0.3, -0.25) is 14.3 Å². The van der Waals surface area contributed by atoms with E-state index in [4.69, 9.17) is 0 Å². The van der Waals surface area contributed by atoms with E-state index in [1.54, 1.807) is 48.3 Å². The van der Waals surface area contributed by atoms with Crippen LogP contribution < -0.4 is 14.9 Å². The Balaban J connectivity index is 1.60. The van der Waals surface area contributed by atoms with Gasteiger partial charge in [-0.25, -0.2) is 8.42 Å². The van der Waals surface area contributed by atoms with Gasteiger partial charge in [-0.15, -0.1) is 0 Å². The molecule has 0 spiro atoms. The Kier molecular flexibility index (Phi) is 7.38. The monoisotopic (exact) mass is 485 g/mol. The molecule has 0 bridgehead atoms. The van der Waals surface area contributed by atoms with Gasteiger partial charge in [0, 0.05) is 51.9 Å². The van der Waals surface area contributed by atoms with E-state index >= 15 is 0 Å². The molecule has 0 aliphatic carbocycles. The van der Waals surface area contributed by atoms with Crippen molar-refractivity contribution in [2.75, 3.05) is 62.5 Å². The lowest BCUT2D eigenvalue weighted by Crippen LogP contribution is -2.44. The number of likely N-dealkylation sites (tertiary alicyclic amines) is 1. The van der Waals surface area contributed by atoms with Crippen molar-refractivity contribution in [3.8, 4) is 0 Å². The first-order chi connectivity index (χ1) is 16.3. The van der Waals surface area contributed by atoms with Crippen molar-refractivity contribution < 1.29 is 18.0 Å². The molecular formula is C24H31N5O4S. The highest BCUT2D eigenvalue weighted by Gasteiger charge is 2.24. The van der Waals surface area contributed by atoms with Crippen molar-refractivity contribution in [3.63, 3.8) is 0 Å². The Hall–Kier alpha value is -3.11. The molecule has 2 fully saturated rings. The standard InChI is InChI=1S/C24H31N5O4S/c1-27(18-23(30)29-13-5-6-14-29)24(31)19-9-10-22(28-15-11-25-12-16-28)21(17-19)26-34(32,33)20-7-3-2-4-8-20/h2-4,7-10,17,25-26H,5-6,11-16,18H2,1H3. The zero-order valence-corrected chi connectivity index (χ0v) is 20.2. The second-order valence-corrected chi connectivity index (χ2v) is 10.3. The van der Waals surface area contributed by atoms with Gasteiger partial charge in [0.05, 0.1) is 22.8 Å². The number of hydrogen-bond acceptors (Lipinski definition) is 6. The van der Waals surface area contributed by atoms with E-state index in [0.29, 0.717) is 16.9 Å². The normalized spacial score (nSPS) is 16.4. The van der Waals surface area contributed by atoms with Crippen LogP contribution in [0.5, 0.6) is 0 Å². The van der Waals surface area contributed by atoms with Crippen LogP contribution in [0.15, 0.2) is 53.4 Å². The first-order valence-electron chi connectivity index (χ1n) is 11.6. The first-order valence-corrected chi connectivity index (χ1v) is 13.0. The quantitative estimate of drug-likeness (QED) is 0.618. The second-order valence-electron chi connectivity index (χ2n) is 8.64. The van der Waals surface area contributed by atoms with Gasteiger partial charge in [-0.1, -0.05) is 18.2 Å². The summed E-state index contributed by atoms with van der Waals surface area (Å²) in [5.74, 6) is -0.407. The van der Waals surface area contributed by atoms with Crippen LogP contribution >= 0.6 is 0 Å². The number of piperazine rings is 1. The molecular weight excluding hydrogens is 454 g/mol. The minimum Gasteiger partial charge on any atom is -0.367 e. The summed E-state index contributed by atoms with van der Waals surface area (Å²) in [5.41, 5.74) is 1.38. The number of rotatable bonds is 7. The van der Waals surface area contributed by atoms with Gasteiger partial charge in [0.1, 0.15) is 0 Å². The molecule has 2 saturated heterocycles. The van der Waals surface area contributed by atoms with E-state index in [1.165, 1.54) is 17.0 Å². The van der Waals surface area contributed by atoms with Crippen LogP contribution in [0, 0.1) is 0 Å². The summed E-state index contributed by atoms with van der Waals surface area (Å²) in [6, 6.07) is 13.2. The van der Waals surface area contributed by atoms with Gasteiger partial charge >= 0.3 is 0 Å². The molecule has 182 valence electrons. The fourth-order valence-electron chi connectivity index (χ4n) is 4.30. The van der Waals surface area contributed by atoms with Crippen LogP contribution in [0.25, 0.3) is 0 Å². The van der Waals surface area contributed by atoms with E-state index in [0.717, 1.165) is 52.1 Å². The molecule has 2 aromatic rings. The van der Waals surface area contributed by atoms with Crippen molar-refractivity contribution in [1.29, 1.82) is 0 Å². The van der Waals surface area contributed by atoms with E-state index < -0.39 is 10.0 Å². The zero-order valence-electron chi connectivity index (χ0n) is 19.4. The number of likely N-dealkylation sites (N-methyl/N-ethyl adjacent to an activating group) is 1. The maximum Gasteiger partial charge on any atom is 0.261 e. The summed E-state index contributed by atoms with van der Waals surface area (Å²) in [5, 5.41) is 3.29. The third kappa shape index (κ3) is 5.51. The molecule has 0 radical (unpaired) electrons. The lowest BCUT2D eigenvalue weighted by atomic mass is 10.1. The molecule has 0 unspecified atom stereocenters. The molecule has 10 heteroatoms. The Bertz CT molecular complexity index is 1130. The van der Waals surface area contributed by atoms with Gasteiger partial charge in [-0.2, -0.15) is 0 Å². The molecule has 2 aromatic carbocycles. The summed E-state index contributed by atoms with van der Waals surface area (Å²) < 4.78 is 28.8. The number of hydrogen-bond donors (Lipinski definition) is 2. The smallest absolute Gasteiger partial charge is 0.261 e. The molecule has 0 aromatic heterocycles. The van der Waals surface area contributed by atoms with Crippen LogP contribution in [0.1, 0.15) is 23.2 Å². The molecule has 34 heavy (non-hydrogen) atoms. The number of sulfonamides is 1. The molecule has 4 rings (SSSR count). The van der Waals surface area contributed by atoms with Gasteiger partial charge in [-0.05, 0) is 43.2 Å². The maximum atomic E-state index is 13.1. The van der Waals surface area contributed by atoms with Crippen LogP contribution in [-0.4, -0.2) is 82.9 Å². The van der Waals surface area contributed by atoms with Gasteiger partial charge in [0.2, 0.25) is 5.91 Å². The van der Waals surface area contributed by atoms with Gasteiger partial charge in [0.15, 0.2) is 0 Å². The van der Waals surface area contributed by atoms with Gasteiger partial charge in [0.25, 0.3) is 15.9 Å². The fourth-order valence-corrected chi connectivity index (χ4v) is 5.38. The summed E-state index contributed by atoms with van der Waals surface area (Å²) in [6.45, 7) is 4.45. The van der Waals surface area contributed by atoms with Crippen LogP contribution in [0.3, 0.4) is 0 Å². The molecule has 2 aliphatic rings. The molecule has 2 aliphatic heterocycles. The number of nitrogens with one attached hydrogen (secondary N) is 2.